The lowest BCUT2D eigenvalue weighted by atomic mass is 9.84. The lowest BCUT2D eigenvalue weighted by molar-refractivity contribution is -0.138. The van der Waals surface area contributed by atoms with Gasteiger partial charge in [-0.25, -0.2) is 4.98 Å². The van der Waals surface area contributed by atoms with E-state index in [1.54, 1.807) is 23.3 Å². The van der Waals surface area contributed by atoms with Crippen LogP contribution in [0.5, 0.6) is 0 Å². The predicted octanol–water partition coefficient (Wildman–Crippen LogP) is 2.02. The largest absolute Gasteiger partial charge is 0.355 e. The van der Waals surface area contributed by atoms with E-state index >= 15 is 0 Å². The zero-order valence-electron chi connectivity index (χ0n) is 15.2. The first-order valence-electron chi connectivity index (χ1n) is 8.60. The molecule has 1 aromatic rings. The zero-order chi connectivity index (χ0) is 17.6. The van der Waals surface area contributed by atoms with Gasteiger partial charge in [0.1, 0.15) is 0 Å². The number of aliphatic imine (C=N–C) groups is 1. The Balaban J connectivity index is 1.91. The van der Waals surface area contributed by atoms with Crippen molar-refractivity contribution >= 4 is 23.2 Å². The van der Waals surface area contributed by atoms with Gasteiger partial charge in [-0.2, -0.15) is 0 Å². The van der Waals surface area contributed by atoms with Gasteiger partial charge in [-0.15, -0.1) is 11.3 Å². The monoisotopic (exact) mass is 351 g/mol. The summed E-state index contributed by atoms with van der Waals surface area (Å²) < 4.78 is 0. The third-order valence-electron chi connectivity index (χ3n) is 4.58. The van der Waals surface area contributed by atoms with Crippen molar-refractivity contribution in [3.8, 4) is 0 Å². The van der Waals surface area contributed by atoms with Crippen LogP contribution in [0.15, 0.2) is 10.4 Å². The minimum Gasteiger partial charge on any atom is -0.355 e. The predicted molar refractivity (Wildman–Crippen MR) is 99.3 cm³/mol. The second-order valence-corrected chi connectivity index (χ2v) is 7.50. The summed E-state index contributed by atoms with van der Waals surface area (Å²) in [5, 5.41) is 9.86. The number of hydrogen-bond acceptors (Lipinski definition) is 4. The van der Waals surface area contributed by atoms with E-state index in [1.807, 2.05) is 14.1 Å². The minimum absolute atomic E-state index is 0.218. The van der Waals surface area contributed by atoms with Crippen LogP contribution in [0, 0.1) is 5.41 Å². The van der Waals surface area contributed by atoms with E-state index in [0.29, 0.717) is 13.1 Å². The number of thiazole rings is 1. The molecule has 0 bridgehead atoms. The lowest BCUT2D eigenvalue weighted by Crippen LogP contribution is -2.49. The maximum absolute atomic E-state index is 12.6. The molecule has 2 N–H and O–H groups in total. The van der Waals surface area contributed by atoms with Crippen LogP contribution in [0.3, 0.4) is 0 Å². The highest BCUT2D eigenvalue weighted by atomic mass is 32.1. The van der Waals surface area contributed by atoms with Gasteiger partial charge in [0.25, 0.3) is 0 Å². The second-order valence-electron chi connectivity index (χ2n) is 6.55. The average molecular weight is 352 g/mol. The van der Waals surface area contributed by atoms with Gasteiger partial charge < -0.3 is 15.5 Å². The fourth-order valence-electron chi connectivity index (χ4n) is 3.23. The Morgan fingerprint density at radius 1 is 1.38 bits per heavy atom. The molecule has 6 nitrogen and oxygen atoms in total. The van der Waals surface area contributed by atoms with Gasteiger partial charge in [0, 0.05) is 33.1 Å². The van der Waals surface area contributed by atoms with Crippen molar-refractivity contribution in [2.45, 2.75) is 45.6 Å². The van der Waals surface area contributed by atoms with E-state index in [1.165, 1.54) is 0 Å². The van der Waals surface area contributed by atoms with Crippen molar-refractivity contribution < 1.29 is 4.79 Å². The molecular formula is C17H29N5OS. The van der Waals surface area contributed by atoms with Crippen LogP contribution in [0.4, 0.5) is 0 Å². The number of amides is 1. The fourth-order valence-corrected chi connectivity index (χ4v) is 3.98. The van der Waals surface area contributed by atoms with Crippen molar-refractivity contribution in [1.82, 2.24) is 20.5 Å². The molecule has 0 atom stereocenters. The molecule has 2 rings (SSSR count). The van der Waals surface area contributed by atoms with Gasteiger partial charge >= 0.3 is 0 Å². The third-order valence-corrected chi connectivity index (χ3v) is 5.62. The normalized spacial score (nSPS) is 16.9. The highest BCUT2D eigenvalue weighted by Gasteiger charge is 2.42. The Kier molecular flexibility index (Phi) is 6.60. The van der Waals surface area contributed by atoms with Gasteiger partial charge in [-0.1, -0.05) is 19.8 Å². The number of aromatic nitrogens is 1. The topological polar surface area (TPSA) is 69.6 Å². The van der Waals surface area contributed by atoms with Gasteiger partial charge in [0.05, 0.1) is 22.7 Å². The summed E-state index contributed by atoms with van der Waals surface area (Å²) in [5.41, 5.74) is 0.733. The molecular weight excluding hydrogens is 322 g/mol. The number of carbonyl (C=O) groups is 1. The SMILES string of the molecule is CCc1nc(CNC(=NC)NCC2(C(=O)N(C)C)CCCC2)cs1. The van der Waals surface area contributed by atoms with Crippen molar-refractivity contribution in [2.75, 3.05) is 27.7 Å². The number of hydrogen-bond donors (Lipinski definition) is 2. The van der Waals surface area contributed by atoms with Crippen molar-refractivity contribution in [3.05, 3.63) is 16.1 Å². The molecule has 0 radical (unpaired) electrons. The van der Waals surface area contributed by atoms with Crippen molar-refractivity contribution in [1.29, 1.82) is 0 Å². The number of aryl methyl sites for hydroxylation is 1. The molecule has 24 heavy (non-hydrogen) atoms. The highest BCUT2D eigenvalue weighted by Crippen LogP contribution is 2.38. The number of nitrogens with one attached hydrogen (secondary N) is 2. The third kappa shape index (κ3) is 4.47. The van der Waals surface area contributed by atoms with Crippen LogP contribution in [0.25, 0.3) is 0 Å². The number of rotatable bonds is 6. The Hall–Kier alpha value is -1.63. The van der Waals surface area contributed by atoms with E-state index in [-0.39, 0.29) is 11.3 Å². The first kappa shape index (κ1) is 18.7. The molecule has 0 unspecified atom stereocenters. The van der Waals surface area contributed by atoms with Crippen LogP contribution in [-0.4, -0.2) is 49.4 Å². The van der Waals surface area contributed by atoms with Gasteiger partial charge in [-0.3, -0.25) is 9.79 Å². The zero-order valence-corrected chi connectivity index (χ0v) is 16.0. The first-order valence-corrected chi connectivity index (χ1v) is 9.48. The Morgan fingerprint density at radius 2 is 2.08 bits per heavy atom. The smallest absolute Gasteiger partial charge is 0.230 e. The van der Waals surface area contributed by atoms with E-state index in [0.717, 1.165) is 48.8 Å². The molecule has 1 fully saturated rings. The second kappa shape index (κ2) is 8.46. The Bertz CT molecular complexity index is 575. The summed E-state index contributed by atoms with van der Waals surface area (Å²) in [6, 6.07) is 0. The molecule has 7 heteroatoms. The van der Waals surface area contributed by atoms with E-state index in [9.17, 15) is 4.79 Å². The standard InChI is InChI=1S/C17H29N5OS/c1-5-14-21-13(11-24-14)10-19-16(18-2)20-12-17(8-6-7-9-17)15(23)22(3)4/h11H,5-10,12H2,1-4H3,(H2,18,19,20). The van der Waals surface area contributed by atoms with Crippen molar-refractivity contribution in [2.24, 2.45) is 10.4 Å². The molecule has 0 aliphatic heterocycles. The number of nitrogens with zero attached hydrogens (tertiary/aromatic N) is 3. The van der Waals surface area contributed by atoms with Crippen LogP contribution >= 0.6 is 11.3 Å². The summed E-state index contributed by atoms with van der Waals surface area (Å²) in [7, 11) is 5.43. The molecule has 0 spiro atoms. The minimum atomic E-state index is -0.295. The van der Waals surface area contributed by atoms with Crippen LogP contribution in [-0.2, 0) is 17.8 Å². The summed E-state index contributed by atoms with van der Waals surface area (Å²) in [6.45, 7) is 3.38. The van der Waals surface area contributed by atoms with Gasteiger partial charge in [0.15, 0.2) is 5.96 Å². The summed E-state index contributed by atoms with van der Waals surface area (Å²) in [4.78, 5) is 23.1. The summed E-state index contributed by atoms with van der Waals surface area (Å²) in [6.07, 6.45) is 5.09. The molecule has 1 aliphatic rings. The quantitative estimate of drug-likeness (QED) is 0.608. The van der Waals surface area contributed by atoms with Gasteiger partial charge in [0.2, 0.25) is 5.91 Å². The maximum atomic E-state index is 12.6. The van der Waals surface area contributed by atoms with E-state index in [2.05, 4.69) is 32.9 Å². The summed E-state index contributed by atoms with van der Waals surface area (Å²) in [5.74, 6) is 0.939. The molecule has 0 aromatic carbocycles. The molecule has 0 saturated heterocycles. The number of carbonyl (C=O) groups excluding carboxylic acids is 1. The first-order chi connectivity index (χ1) is 11.5. The molecule has 1 aliphatic carbocycles. The van der Waals surface area contributed by atoms with Crippen LogP contribution in [0.2, 0.25) is 0 Å². The highest BCUT2D eigenvalue weighted by molar-refractivity contribution is 7.09. The number of guanidine groups is 1. The van der Waals surface area contributed by atoms with E-state index in [4.69, 9.17) is 0 Å². The van der Waals surface area contributed by atoms with E-state index < -0.39 is 0 Å². The summed E-state index contributed by atoms with van der Waals surface area (Å²) >= 11 is 1.69. The fraction of sp³-hybridized carbons (Fsp3) is 0.706. The average Bonchev–Trinajstić information content (AvgIpc) is 3.24. The molecule has 1 heterocycles. The molecule has 1 amide bonds. The molecule has 1 saturated carbocycles. The van der Waals surface area contributed by atoms with Crippen LogP contribution in [0.1, 0.15) is 43.3 Å². The van der Waals surface area contributed by atoms with Crippen LogP contribution < -0.4 is 10.6 Å². The Morgan fingerprint density at radius 3 is 2.62 bits per heavy atom. The molecule has 1 aromatic heterocycles. The lowest BCUT2D eigenvalue weighted by Gasteiger charge is -2.31. The maximum Gasteiger partial charge on any atom is 0.230 e. The van der Waals surface area contributed by atoms with Crippen molar-refractivity contribution in [3.63, 3.8) is 0 Å². The molecule has 134 valence electrons. The Labute approximate surface area is 148 Å². The van der Waals surface area contributed by atoms with Gasteiger partial charge in [-0.05, 0) is 19.3 Å².